The molecule has 1 fully saturated rings. The van der Waals surface area contributed by atoms with Gasteiger partial charge in [-0.15, -0.1) is 6.42 Å². The maximum atomic E-state index is 14.9. The molecular weight excluding hydrogens is 790 g/mol. The molecule has 0 bridgehead atoms. The number of esters is 2. The highest BCUT2D eigenvalue weighted by atomic mass is 31.2. The molecule has 0 amide bonds. The highest BCUT2D eigenvalue weighted by molar-refractivity contribution is 7.52. The molecule has 2 aromatic carbocycles. The van der Waals surface area contributed by atoms with Crippen molar-refractivity contribution >= 4 is 36.7 Å². The van der Waals surface area contributed by atoms with Gasteiger partial charge in [0.15, 0.2) is 22.6 Å². The van der Waals surface area contributed by atoms with Crippen LogP contribution in [0.4, 0.5) is 10.2 Å². The number of nitrogens with zero attached hydrogens (tertiary/aromatic N) is 4. The Balaban J connectivity index is 1.36. The second-order valence-electron chi connectivity index (χ2n) is 15.3. The average molecular weight is 849 g/mol. The zero-order chi connectivity index (χ0) is 43.0. The minimum atomic E-state index is -4.55. The molecule has 5 rings (SSSR count). The third-order valence-electron chi connectivity index (χ3n) is 10.2. The predicted octanol–water partition coefficient (Wildman–Crippen LogP) is 8.81. The fourth-order valence-corrected chi connectivity index (χ4v) is 8.57. The lowest BCUT2D eigenvalue weighted by Crippen LogP contribution is -2.46. The molecule has 3 heterocycles. The number of para-hydroxylation sites is 1. The van der Waals surface area contributed by atoms with E-state index in [1.807, 2.05) is 30.3 Å². The lowest BCUT2D eigenvalue weighted by molar-refractivity contribution is -0.158. The van der Waals surface area contributed by atoms with Crippen molar-refractivity contribution in [2.24, 2.45) is 0 Å². The summed E-state index contributed by atoms with van der Waals surface area (Å²) in [7, 11) is -4.55. The summed E-state index contributed by atoms with van der Waals surface area (Å²) >= 11 is 0. The maximum absolute atomic E-state index is 14.9. The van der Waals surface area contributed by atoms with Crippen molar-refractivity contribution in [1.82, 2.24) is 24.6 Å². The number of hydrogen-bond donors (Lipinski definition) is 2. The lowest BCUT2D eigenvalue weighted by atomic mass is 9.98. The van der Waals surface area contributed by atoms with Crippen molar-refractivity contribution in [3.8, 4) is 18.1 Å². The van der Waals surface area contributed by atoms with E-state index >= 15 is 0 Å². The number of hydrogen-bond acceptors (Lipinski definition) is 12. The summed E-state index contributed by atoms with van der Waals surface area (Å²) in [6, 6.07) is 16.2. The van der Waals surface area contributed by atoms with Crippen LogP contribution in [0.15, 0.2) is 67.0 Å². The van der Waals surface area contributed by atoms with Gasteiger partial charge in [0.05, 0.1) is 12.4 Å². The minimum Gasteiger partial charge on any atom is -0.462 e. The van der Waals surface area contributed by atoms with E-state index in [1.54, 1.807) is 44.2 Å². The SMILES string of the molecule is C#C[C@]1(CO[P@@](=O)(N[C@@H](Cc2ccccc2)C(=O)OC(C)C)Oc2ccccc2)O[C@@H](n2cnc3c(N)nc(F)nc32)C[C@@H]1OC(=O)CCCCCCCCCCCCC. The first-order chi connectivity index (χ1) is 28.9. The number of ether oxygens (including phenoxy) is 3. The van der Waals surface area contributed by atoms with Gasteiger partial charge in [-0.25, -0.2) is 9.55 Å². The lowest BCUT2D eigenvalue weighted by Gasteiger charge is -2.31. The second kappa shape index (κ2) is 22.7. The summed E-state index contributed by atoms with van der Waals surface area (Å²) < 4.78 is 60.9. The molecule has 1 saturated heterocycles. The average Bonchev–Trinajstić information content (AvgIpc) is 3.81. The number of imidazole rings is 1. The summed E-state index contributed by atoms with van der Waals surface area (Å²) in [4.78, 5) is 38.6. The molecule has 0 aliphatic carbocycles. The Morgan fingerprint density at radius 3 is 2.27 bits per heavy atom. The van der Waals surface area contributed by atoms with Gasteiger partial charge in [-0.3, -0.25) is 18.7 Å². The summed E-state index contributed by atoms with van der Waals surface area (Å²) in [5, 5.41) is 2.81. The van der Waals surface area contributed by atoms with Crippen LogP contribution in [-0.2, 0) is 39.3 Å². The number of nitrogens with two attached hydrogens (primary N) is 1. The van der Waals surface area contributed by atoms with E-state index in [0.29, 0.717) is 6.42 Å². The molecule has 3 N–H and O–H groups in total. The first kappa shape index (κ1) is 46.2. The smallest absolute Gasteiger partial charge is 0.459 e. The third kappa shape index (κ3) is 13.3. The monoisotopic (exact) mass is 848 g/mol. The number of unbranched alkanes of at least 4 members (excludes halogenated alkanes) is 10. The number of carbonyl (C=O) groups is 2. The van der Waals surface area contributed by atoms with E-state index < -0.39 is 62.4 Å². The normalized spacial score (nSPS) is 19.1. The standard InChI is InChI=1S/C44H58FN6O8P/c1-5-7-8-9-10-11-12-13-14-15-22-27-38(52)57-36-29-37(51-31-47-39-40(46)48-43(45)49-41(39)51)58-44(36,6-2)30-55-60(54,59-34-25-20-17-21-26-34)50-35(42(53)56-32(3)4)28-33-23-18-16-19-24-33/h2,16-21,23-26,31-32,35-37H,5,7-15,22,27-30H2,1,3-4H3,(H,50,54)(H2,46,48,49)/t35-,36-,37+,44+,60-/m0/s1. The number of terminal acetylenes is 1. The van der Waals surface area contributed by atoms with Crippen LogP contribution in [0.25, 0.3) is 11.2 Å². The number of nitrogen functional groups attached to an aromatic ring is 1. The van der Waals surface area contributed by atoms with Crippen LogP contribution >= 0.6 is 7.75 Å². The first-order valence-corrected chi connectivity index (χ1v) is 22.5. The van der Waals surface area contributed by atoms with Crippen molar-refractivity contribution in [3.05, 3.63) is 78.6 Å². The number of halogens is 1. The summed E-state index contributed by atoms with van der Waals surface area (Å²) in [5.74, 6) is 1.40. The van der Waals surface area contributed by atoms with E-state index in [4.69, 9.17) is 35.4 Å². The van der Waals surface area contributed by atoms with Gasteiger partial charge in [-0.1, -0.05) is 126 Å². The number of rotatable bonds is 25. The van der Waals surface area contributed by atoms with Crippen LogP contribution in [0.1, 0.15) is 116 Å². The molecule has 2 aromatic heterocycles. The van der Waals surface area contributed by atoms with Crippen LogP contribution < -0.4 is 15.3 Å². The number of nitrogens with one attached hydrogen (secondary N) is 1. The van der Waals surface area contributed by atoms with Crippen molar-refractivity contribution in [3.63, 3.8) is 0 Å². The zero-order valence-corrected chi connectivity index (χ0v) is 35.7. The summed E-state index contributed by atoms with van der Waals surface area (Å²) in [6.07, 6.45) is 16.3. The molecule has 4 aromatic rings. The van der Waals surface area contributed by atoms with Crippen LogP contribution in [0.2, 0.25) is 0 Å². The fraction of sp³-hybridized carbons (Fsp3) is 0.523. The van der Waals surface area contributed by atoms with E-state index in [0.717, 1.165) is 24.8 Å². The van der Waals surface area contributed by atoms with E-state index in [1.165, 1.54) is 55.8 Å². The molecule has 16 heteroatoms. The molecule has 14 nitrogen and oxygen atoms in total. The summed E-state index contributed by atoms with van der Waals surface area (Å²) in [5.41, 5.74) is 4.98. The molecule has 1 aliphatic heterocycles. The molecule has 0 unspecified atom stereocenters. The number of anilines is 1. The van der Waals surface area contributed by atoms with Gasteiger partial charge in [-0.2, -0.15) is 19.4 Å². The zero-order valence-electron chi connectivity index (χ0n) is 34.8. The van der Waals surface area contributed by atoms with Crippen LogP contribution in [-0.4, -0.2) is 61.9 Å². The van der Waals surface area contributed by atoms with Crippen molar-refractivity contribution in [1.29, 1.82) is 0 Å². The van der Waals surface area contributed by atoms with Gasteiger partial charge in [0.25, 0.3) is 0 Å². The number of benzene rings is 2. The molecule has 5 atom stereocenters. The van der Waals surface area contributed by atoms with Crippen molar-refractivity contribution in [2.45, 2.75) is 141 Å². The quantitative estimate of drug-likeness (QED) is 0.0213. The predicted molar refractivity (Wildman–Crippen MR) is 226 cm³/mol. The van der Waals surface area contributed by atoms with E-state index in [9.17, 15) is 18.5 Å². The Morgan fingerprint density at radius 2 is 1.63 bits per heavy atom. The van der Waals surface area contributed by atoms with Gasteiger partial charge < -0.3 is 24.5 Å². The van der Waals surface area contributed by atoms with Gasteiger partial charge in [0.1, 0.15) is 30.7 Å². The highest BCUT2D eigenvalue weighted by Crippen LogP contribution is 2.49. The molecule has 60 heavy (non-hydrogen) atoms. The first-order valence-electron chi connectivity index (χ1n) is 21.0. The molecule has 0 radical (unpaired) electrons. The molecular formula is C44H58FN6O8P. The van der Waals surface area contributed by atoms with Crippen LogP contribution in [0.3, 0.4) is 0 Å². The Kier molecular flexibility index (Phi) is 17.4. The van der Waals surface area contributed by atoms with Crippen LogP contribution in [0, 0.1) is 18.4 Å². The second-order valence-corrected chi connectivity index (χ2v) is 17.0. The van der Waals surface area contributed by atoms with Gasteiger partial charge >= 0.3 is 25.8 Å². The molecule has 1 aliphatic rings. The van der Waals surface area contributed by atoms with Gasteiger partial charge in [0, 0.05) is 12.8 Å². The summed E-state index contributed by atoms with van der Waals surface area (Å²) in [6.45, 7) is 4.99. The topological polar surface area (TPSA) is 179 Å². The van der Waals surface area contributed by atoms with Gasteiger partial charge in [-0.05, 0) is 44.4 Å². The number of aromatic nitrogens is 4. The fourth-order valence-electron chi connectivity index (χ4n) is 7.05. The Bertz CT molecular complexity index is 2070. The Morgan fingerprint density at radius 1 is 1.00 bits per heavy atom. The molecule has 0 saturated carbocycles. The van der Waals surface area contributed by atoms with Crippen molar-refractivity contribution < 1.29 is 41.8 Å². The molecule has 324 valence electrons. The maximum Gasteiger partial charge on any atom is 0.459 e. The Hall–Kier alpha value is -4.87. The minimum absolute atomic E-state index is 0.0249. The Labute approximate surface area is 352 Å². The largest absolute Gasteiger partial charge is 0.462 e. The number of carbonyl (C=O) groups excluding carboxylic acids is 2. The third-order valence-corrected chi connectivity index (χ3v) is 11.7. The number of fused-ring (bicyclic) bond motifs is 1. The van der Waals surface area contributed by atoms with Crippen LogP contribution in [0.5, 0.6) is 5.75 Å². The van der Waals surface area contributed by atoms with E-state index in [2.05, 4.69) is 32.9 Å². The van der Waals surface area contributed by atoms with Crippen molar-refractivity contribution in [2.75, 3.05) is 12.3 Å². The van der Waals surface area contributed by atoms with E-state index in [-0.39, 0.29) is 42.0 Å². The molecule has 0 spiro atoms. The highest BCUT2D eigenvalue weighted by Gasteiger charge is 2.53. The van der Waals surface area contributed by atoms with Gasteiger partial charge in [0.2, 0.25) is 0 Å².